The van der Waals surface area contributed by atoms with Gasteiger partial charge in [0.2, 0.25) is 5.82 Å². The molecule has 0 spiro atoms. The van der Waals surface area contributed by atoms with Gasteiger partial charge in [-0.3, -0.25) is 18.9 Å². The number of carbonyl (C=O) groups excluding carboxylic acids is 1. The number of hydrogen-bond donors (Lipinski definition) is 1. The summed E-state index contributed by atoms with van der Waals surface area (Å²) in [6.07, 6.45) is 8.86. The number of hydrogen-bond acceptors (Lipinski definition) is 6. The molecule has 1 fully saturated rings. The summed E-state index contributed by atoms with van der Waals surface area (Å²) in [5.74, 6) is 0.919. The Labute approximate surface area is 209 Å². The van der Waals surface area contributed by atoms with Crippen LogP contribution in [-0.4, -0.2) is 40.5 Å². The standard InChI is InChI=1S/C27H31N7O2/c1-3-5-8-21-17-34(25-18(4-2)12-14-24(25)35)27(36)33(21)16-20-13-11-19(15-28-20)22-9-6-7-10-23(22)26-29-31-32-30-26/h6-7,9-11,13,15,17-18,25H,3-5,8,12,14,16H2,1-2H3,(H,29,30,31,32). The van der Waals surface area contributed by atoms with E-state index in [1.54, 1.807) is 9.13 Å². The van der Waals surface area contributed by atoms with Gasteiger partial charge in [0.15, 0.2) is 5.78 Å². The smallest absolute Gasteiger partial charge is 0.297 e. The first kappa shape index (κ1) is 23.8. The lowest BCUT2D eigenvalue weighted by Gasteiger charge is -2.17. The number of benzene rings is 1. The minimum Gasteiger partial charge on any atom is -0.297 e. The van der Waals surface area contributed by atoms with Gasteiger partial charge in [-0.2, -0.15) is 5.21 Å². The highest BCUT2D eigenvalue weighted by Crippen LogP contribution is 2.34. The maximum Gasteiger partial charge on any atom is 0.329 e. The molecule has 186 valence electrons. The maximum atomic E-state index is 13.5. The van der Waals surface area contributed by atoms with Gasteiger partial charge in [-0.05, 0) is 42.0 Å². The molecular formula is C27H31N7O2. The van der Waals surface area contributed by atoms with E-state index < -0.39 is 0 Å². The minimum absolute atomic E-state index is 0.117. The molecule has 2 unspecified atom stereocenters. The monoisotopic (exact) mass is 485 g/mol. The fourth-order valence-corrected chi connectivity index (χ4v) is 5.22. The van der Waals surface area contributed by atoms with Gasteiger partial charge in [-0.1, -0.05) is 57.0 Å². The highest BCUT2D eigenvalue weighted by Gasteiger charge is 2.36. The summed E-state index contributed by atoms with van der Waals surface area (Å²) in [7, 11) is 0. The fourth-order valence-electron chi connectivity index (χ4n) is 5.22. The van der Waals surface area contributed by atoms with Gasteiger partial charge in [0, 0.05) is 35.6 Å². The normalized spacial score (nSPS) is 17.7. The van der Waals surface area contributed by atoms with Crippen molar-refractivity contribution in [3.05, 3.63) is 70.7 Å². The molecule has 0 saturated heterocycles. The van der Waals surface area contributed by atoms with Crippen molar-refractivity contribution in [2.45, 2.75) is 65.0 Å². The number of imidazole rings is 1. The Morgan fingerprint density at radius 3 is 2.61 bits per heavy atom. The zero-order valence-electron chi connectivity index (χ0n) is 20.7. The number of H-pyrrole nitrogens is 1. The lowest BCUT2D eigenvalue weighted by molar-refractivity contribution is -0.120. The first-order chi connectivity index (χ1) is 17.6. The molecule has 0 amide bonds. The topological polar surface area (TPSA) is 111 Å². The van der Waals surface area contributed by atoms with E-state index in [4.69, 9.17) is 0 Å². The van der Waals surface area contributed by atoms with Crippen LogP contribution in [0.15, 0.2) is 53.6 Å². The molecule has 1 N–H and O–H groups in total. The first-order valence-electron chi connectivity index (χ1n) is 12.7. The number of aromatic nitrogens is 7. The summed E-state index contributed by atoms with van der Waals surface area (Å²) in [5, 5.41) is 14.4. The van der Waals surface area contributed by atoms with Crippen molar-refractivity contribution >= 4 is 5.78 Å². The van der Waals surface area contributed by atoms with Gasteiger partial charge in [-0.25, -0.2) is 4.79 Å². The van der Waals surface area contributed by atoms with Crippen LogP contribution in [-0.2, 0) is 17.8 Å². The molecule has 1 aromatic carbocycles. The minimum atomic E-state index is -0.346. The quantitative estimate of drug-likeness (QED) is 0.380. The van der Waals surface area contributed by atoms with E-state index in [2.05, 4.69) is 39.5 Å². The van der Waals surface area contributed by atoms with Crippen LogP contribution in [0, 0.1) is 5.92 Å². The number of carbonyl (C=O) groups is 1. The molecule has 4 aromatic rings. The van der Waals surface area contributed by atoms with Crippen LogP contribution < -0.4 is 5.69 Å². The van der Waals surface area contributed by atoms with Gasteiger partial charge in [0.25, 0.3) is 0 Å². The van der Waals surface area contributed by atoms with Crippen molar-refractivity contribution in [2.24, 2.45) is 5.92 Å². The van der Waals surface area contributed by atoms with Crippen molar-refractivity contribution in [1.29, 1.82) is 0 Å². The summed E-state index contributed by atoms with van der Waals surface area (Å²) >= 11 is 0. The Morgan fingerprint density at radius 1 is 1.08 bits per heavy atom. The molecule has 0 bridgehead atoms. The summed E-state index contributed by atoms with van der Waals surface area (Å²) in [6.45, 7) is 4.60. The lowest BCUT2D eigenvalue weighted by atomic mass is 10.0. The molecule has 36 heavy (non-hydrogen) atoms. The molecular weight excluding hydrogens is 454 g/mol. The Bertz CT molecular complexity index is 1390. The van der Waals surface area contributed by atoms with E-state index in [-0.39, 0.29) is 23.4 Å². The molecule has 1 aliphatic rings. The second kappa shape index (κ2) is 10.4. The Hall–Kier alpha value is -3.88. The van der Waals surface area contributed by atoms with Gasteiger partial charge < -0.3 is 0 Å². The number of unbranched alkanes of at least 4 members (excludes halogenated alkanes) is 1. The van der Waals surface area contributed by atoms with Crippen LogP contribution >= 0.6 is 0 Å². The predicted octanol–water partition coefficient (Wildman–Crippen LogP) is 4.21. The summed E-state index contributed by atoms with van der Waals surface area (Å²) < 4.78 is 3.49. The van der Waals surface area contributed by atoms with E-state index in [9.17, 15) is 9.59 Å². The van der Waals surface area contributed by atoms with Crippen molar-refractivity contribution in [3.63, 3.8) is 0 Å². The number of aryl methyl sites for hydroxylation is 1. The molecule has 9 nitrogen and oxygen atoms in total. The van der Waals surface area contributed by atoms with Crippen molar-refractivity contribution in [1.82, 2.24) is 34.7 Å². The largest absolute Gasteiger partial charge is 0.329 e. The molecule has 1 saturated carbocycles. The zero-order valence-corrected chi connectivity index (χ0v) is 20.7. The second-order valence-corrected chi connectivity index (χ2v) is 9.44. The van der Waals surface area contributed by atoms with Gasteiger partial charge >= 0.3 is 5.69 Å². The zero-order chi connectivity index (χ0) is 25.1. The number of aromatic amines is 1. The Morgan fingerprint density at radius 2 is 1.92 bits per heavy atom. The highest BCUT2D eigenvalue weighted by molar-refractivity contribution is 5.85. The van der Waals surface area contributed by atoms with Crippen LogP contribution in [0.2, 0.25) is 0 Å². The number of tetrazole rings is 1. The third-order valence-corrected chi connectivity index (χ3v) is 7.20. The number of rotatable bonds is 9. The molecule has 2 atom stereocenters. The molecule has 1 aliphatic carbocycles. The van der Waals surface area contributed by atoms with Crippen LogP contribution in [0.25, 0.3) is 22.5 Å². The van der Waals surface area contributed by atoms with Crippen molar-refractivity contribution < 1.29 is 4.79 Å². The predicted molar refractivity (Wildman–Crippen MR) is 136 cm³/mol. The van der Waals surface area contributed by atoms with Crippen molar-refractivity contribution in [3.8, 4) is 22.5 Å². The number of pyridine rings is 1. The highest BCUT2D eigenvalue weighted by atomic mass is 16.2. The van der Waals surface area contributed by atoms with Gasteiger partial charge in [0.1, 0.15) is 0 Å². The molecule has 5 rings (SSSR count). The lowest BCUT2D eigenvalue weighted by Crippen LogP contribution is -2.32. The first-order valence-corrected chi connectivity index (χ1v) is 12.7. The second-order valence-electron chi connectivity index (χ2n) is 9.44. The van der Waals surface area contributed by atoms with Gasteiger partial charge in [0.05, 0.1) is 18.3 Å². The Balaban J connectivity index is 1.45. The Kier molecular flexibility index (Phi) is 6.88. The average molecular weight is 486 g/mol. The van der Waals surface area contributed by atoms with E-state index >= 15 is 0 Å². The van der Waals surface area contributed by atoms with Crippen LogP contribution in [0.4, 0.5) is 0 Å². The van der Waals surface area contributed by atoms with E-state index in [1.165, 1.54) is 0 Å². The SMILES string of the molecule is CCCCc1cn(C2C(=O)CCC2CC)c(=O)n1Cc1ccc(-c2ccccc2-c2nn[nH]n2)cn1. The number of ketones is 1. The third-order valence-electron chi connectivity index (χ3n) is 7.20. The van der Waals surface area contributed by atoms with E-state index in [1.807, 2.05) is 48.8 Å². The van der Waals surface area contributed by atoms with Crippen molar-refractivity contribution in [2.75, 3.05) is 0 Å². The molecule has 9 heteroatoms. The van der Waals surface area contributed by atoms with E-state index in [0.29, 0.717) is 18.8 Å². The maximum absolute atomic E-state index is 13.5. The van der Waals surface area contributed by atoms with Gasteiger partial charge in [-0.15, -0.1) is 10.2 Å². The molecule has 3 heterocycles. The summed E-state index contributed by atoms with van der Waals surface area (Å²) in [4.78, 5) is 30.9. The number of nitrogens with one attached hydrogen (secondary N) is 1. The molecule has 3 aromatic heterocycles. The molecule has 0 radical (unpaired) electrons. The van der Waals surface area contributed by atoms with Crippen LogP contribution in [0.3, 0.4) is 0 Å². The summed E-state index contributed by atoms with van der Waals surface area (Å²) in [5.41, 5.74) is 4.38. The number of nitrogens with zero attached hydrogens (tertiary/aromatic N) is 6. The van der Waals surface area contributed by atoms with Crippen LogP contribution in [0.1, 0.15) is 63.4 Å². The van der Waals surface area contributed by atoms with E-state index in [0.717, 1.165) is 60.2 Å². The fraction of sp³-hybridized carbons (Fsp3) is 0.407. The molecule has 0 aliphatic heterocycles. The number of Topliss-reactive ketones (excluding diaryl/α,β-unsaturated/α-hetero) is 1. The average Bonchev–Trinajstić information content (AvgIpc) is 3.64. The third kappa shape index (κ3) is 4.53. The van der Waals surface area contributed by atoms with Crippen LogP contribution in [0.5, 0.6) is 0 Å². The summed E-state index contributed by atoms with van der Waals surface area (Å²) in [6, 6.07) is 11.4.